The smallest absolute Gasteiger partial charge is 0.251 e. The van der Waals surface area contributed by atoms with Crippen molar-refractivity contribution >= 4 is 18.4 Å². The van der Waals surface area contributed by atoms with Gasteiger partial charge in [-0.05, 0) is 48.9 Å². The quantitative estimate of drug-likeness (QED) is 0.249. The Bertz CT molecular complexity index is 1420. The first-order chi connectivity index (χ1) is 18.7. The fourth-order valence-electron chi connectivity index (χ4n) is 3.74. The molecular formula is C28H26F4N4O3. The average molecular weight is 543 g/mol. The molecule has 7 nitrogen and oxygen atoms in total. The first-order valence-corrected chi connectivity index (χ1v) is 11.7. The zero-order valence-corrected chi connectivity index (χ0v) is 21.2. The Morgan fingerprint density at radius 2 is 1.56 bits per heavy atom. The van der Waals surface area contributed by atoms with Gasteiger partial charge in [0.1, 0.15) is 35.8 Å². The summed E-state index contributed by atoms with van der Waals surface area (Å²) in [4.78, 5) is 25.0. The SMILES string of the molecule is C=O.CNc1cc(C(=O)NCc2c(F)cc(F)cc2F)ccc1CNCc1nc(-c2ccc(F)cc2)oc1C. The molecule has 0 unspecified atom stereocenters. The third kappa shape index (κ3) is 7.29. The van der Waals surface area contributed by atoms with Crippen LogP contribution in [0.3, 0.4) is 0 Å². The second kappa shape index (κ2) is 13.3. The van der Waals surface area contributed by atoms with E-state index in [4.69, 9.17) is 9.21 Å². The molecule has 11 heteroatoms. The van der Waals surface area contributed by atoms with Crippen molar-refractivity contribution in [1.29, 1.82) is 0 Å². The highest BCUT2D eigenvalue weighted by molar-refractivity contribution is 5.95. The van der Waals surface area contributed by atoms with E-state index in [2.05, 4.69) is 20.9 Å². The standard InChI is InChI=1S/C27H24F4N4O2.CH2O/c1-15-25(35-27(37-15)16-5-7-19(28)8-6-16)14-33-12-18-4-3-17(9-24(18)32-2)26(36)34-13-21-22(30)10-20(29)11-23(21)31;1-2/h3-11,32-33H,12-14H2,1-2H3,(H,34,36);1H2. The van der Waals surface area contributed by atoms with Crippen molar-refractivity contribution in [3.63, 3.8) is 0 Å². The van der Waals surface area contributed by atoms with E-state index in [-0.39, 0.29) is 11.4 Å². The summed E-state index contributed by atoms with van der Waals surface area (Å²) < 4.78 is 59.6. The normalized spacial score (nSPS) is 10.5. The summed E-state index contributed by atoms with van der Waals surface area (Å²) in [5, 5.41) is 8.77. The van der Waals surface area contributed by atoms with Gasteiger partial charge in [0.2, 0.25) is 5.89 Å². The fourth-order valence-corrected chi connectivity index (χ4v) is 3.74. The van der Waals surface area contributed by atoms with Gasteiger partial charge in [-0.25, -0.2) is 22.5 Å². The molecule has 4 aromatic rings. The monoisotopic (exact) mass is 542 g/mol. The van der Waals surface area contributed by atoms with Crippen molar-refractivity contribution in [1.82, 2.24) is 15.6 Å². The lowest BCUT2D eigenvalue weighted by Gasteiger charge is -2.13. The maximum absolute atomic E-state index is 13.8. The molecule has 0 aliphatic heterocycles. The number of anilines is 1. The van der Waals surface area contributed by atoms with Crippen LogP contribution in [0, 0.1) is 30.2 Å². The molecular weight excluding hydrogens is 516 g/mol. The number of rotatable bonds is 9. The summed E-state index contributed by atoms with van der Waals surface area (Å²) in [6, 6.07) is 12.0. The van der Waals surface area contributed by atoms with Gasteiger partial charge in [0.05, 0.1) is 5.69 Å². The third-order valence-electron chi connectivity index (χ3n) is 5.76. The van der Waals surface area contributed by atoms with E-state index in [0.29, 0.717) is 53.8 Å². The Labute approximate surface area is 222 Å². The van der Waals surface area contributed by atoms with E-state index < -0.39 is 35.5 Å². The van der Waals surface area contributed by atoms with Crippen molar-refractivity contribution in [3.05, 3.63) is 106 Å². The van der Waals surface area contributed by atoms with Crippen molar-refractivity contribution in [2.24, 2.45) is 0 Å². The molecule has 3 N–H and O–H groups in total. The molecule has 0 saturated heterocycles. The molecule has 0 aliphatic rings. The second-order valence-corrected chi connectivity index (χ2v) is 8.28. The summed E-state index contributed by atoms with van der Waals surface area (Å²) in [6.45, 7) is 4.23. The minimum atomic E-state index is -1.07. The number of halogens is 4. The molecule has 204 valence electrons. The van der Waals surface area contributed by atoms with Crippen LogP contribution in [0.25, 0.3) is 11.5 Å². The summed E-state index contributed by atoms with van der Waals surface area (Å²) in [5.74, 6) is -2.99. The zero-order valence-electron chi connectivity index (χ0n) is 21.2. The Morgan fingerprint density at radius 1 is 0.897 bits per heavy atom. The van der Waals surface area contributed by atoms with Crippen LogP contribution in [0.15, 0.2) is 59.0 Å². The van der Waals surface area contributed by atoms with Gasteiger partial charge < -0.3 is 25.2 Å². The van der Waals surface area contributed by atoms with Gasteiger partial charge >= 0.3 is 0 Å². The van der Waals surface area contributed by atoms with Crippen LogP contribution in [0.1, 0.15) is 32.9 Å². The summed E-state index contributed by atoms with van der Waals surface area (Å²) in [6.07, 6.45) is 0. The summed E-state index contributed by atoms with van der Waals surface area (Å²) in [7, 11) is 1.71. The van der Waals surface area contributed by atoms with Gasteiger partial charge in [-0.3, -0.25) is 4.79 Å². The Morgan fingerprint density at radius 3 is 2.21 bits per heavy atom. The molecule has 0 spiro atoms. The Kier molecular flexibility index (Phi) is 9.93. The molecule has 1 aromatic heterocycles. The molecule has 0 fully saturated rings. The Balaban J connectivity index is 0.00000205. The van der Waals surface area contributed by atoms with E-state index in [0.717, 1.165) is 5.56 Å². The molecule has 1 heterocycles. The number of amides is 1. The highest BCUT2D eigenvalue weighted by Gasteiger charge is 2.15. The number of carbonyl (C=O) groups is 2. The Hall–Kier alpha value is -4.51. The van der Waals surface area contributed by atoms with E-state index >= 15 is 0 Å². The van der Waals surface area contributed by atoms with Crippen molar-refractivity contribution in [3.8, 4) is 11.5 Å². The maximum atomic E-state index is 13.8. The largest absolute Gasteiger partial charge is 0.441 e. The molecule has 39 heavy (non-hydrogen) atoms. The van der Waals surface area contributed by atoms with Crippen LogP contribution in [0.5, 0.6) is 0 Å². The summed E-state index contributed by atoms with van der Waals surface area (Å²) in [5.41, 5.74) is 2.80. The maximum Gasteiger partial charge on any atom is 0.251 e. The number of aryl methyl sites for hydroxylation is 1. The number of nitrogens with one attached hydrogen (secondary N) is 3. The van der Waals surface area contributed by atoms with Gasteiger partial charge in [0, 0.05) is 61.2 Å². The molecule has 0 radical (unpaired) electrons. The van der Waals surface area contributed by atoms with Gasteiger partial charge in [0.25, 0.3) is 5.91 Å². The molecule has 0 aliphatic carbocycles. The molecule has 3 aromatic carbocycles. The molecule has 1 amide bonds. The summed E-state index contributed by atoms with van der Waals surface area (Å²) >= 11 is 0. The fraction of sp³-hybridized carbons (Fsp3) is 0.179. The van der Waals surface area contributed by atoms with E-state index in [1.165, 1.54) is 12.1 Å². The van der Waals surface area contributed by atoms with Gasteiger partial charge in [-0.2, -0.15) is 0 Å². The average Bonchev–Trinajstić information content (AvgIpc) is 3.29. The van der Waals surface area contributed by atoms with Gasteiger partial charge in [-0.15, -0.1) is 0 Å². The van der Waals surface area contributed by atoms with Crippen molar-refractivity contribution < 1.29 is 31.6 Å². The van der Waals surface area contributed by atoms with Crippen LogP contribution in [0.4, 0.5) is 23.2 Å². The molecule has 4 rings (SSSR count). The zero-order chi connectivity index (χ0) is 28.5. The van der Waals surface area contributed by atoms with Crippen LogP contribution in [0.2, 0.25) is 0 Å². The second-order valence-electron chi connectivity index (χ2n) is 8.28. The lowest BCUT2D eigenvalue weighted by molar-refractivity contribution is -0.0980. The molecule has 0 bridgehead atoms. The number of hydrogen-bond donors (Lipinski definition) is 3. The van der Waals surface area contributed by atoms with Crippen LogP contribution >= 0.6 is 0 Å². The van der Waals surface area contributed by atoms with E-state index in [9.17, 15) is 22.4 Å². The topological polar surface area (TPSA) is 96.3 Å². The van der Waals surface area contributed by atoms with Crippen LogP contribution in [-0.2, 0) is 24.4 Å². The highest BCUT2D eigenvalue weighted by atomic mass is 19.1. The van der Waals surface area contributed by atoms with Gasteiger partial charge in [-0.1, -0.05) is 6.07 Å². The molecule has 0 saturated carbocycles. The number of carbonyl (C=O) groups excluding carboxylic acids is 2. The predicted molar refractivity (Wildman–Crippen MR) is 138 cm³/mol. The van der Waals surface area contributed by atoms with E-state index in [1.54, 1.807) is 44.3 Å². The number of nitrogens with zero attached hydrogens (tertiary/aromatic N) is 1. The predicted octanol–water partition coefficient (Wildman–Crippen LogP) is 5.28. The first kappa shape index (κ1) is 29.1. The highest BCUT2D eigenvalue weighted by Crippen LogP contribution is 2.23. The van der Waals surface area contributed by atoms with Crippen LogP contribution < -0.4 is 16.0 Å². The van der Waals surface area contributed by atoms with Crippen LogP contribution in [-0.4, -0.2) is 24.7 Å². The van der Waals surface area contributed by atoms with E-state index in [1.807, 2.05) is 6.79 Å². The molecule has 0 atom stereocenters. The minimum Gasteiger partial charge on any atom is -0.441 e. The van der Waals surface area contributed by atoms with Crippen molar-refractivity contribution in [2.45, 2.75) is 26.6 Å². The lowest BCUT2D eigenvalue weighted by atomic mass is 10.1. The van der Waals surface area contributed by atoms with Gasteiger partial charge in [0.15, 0.2) is 0 Å². The number of aromatic nitrogens is 1. The number of oxazole rings is 1. The van der Waals surface area contributed by atoms with Crippen molar-refractivity contribution in [2.75, 3.05) is 12.4 Å². The number of hydrogen-bond acceptors (Lipinski definition) is 6. The lowest BCUT2D eigenvalue weighted by Crippen LogP contribution is -2.24. The number of benzene rings is 3. The first-order valence-electron chi connectivity index (χ1n) is 11.7. The minimum absolute atomic E-state index is 0.285. The third-order valence-corrected chi connectivity index (χ3v) is 5.76.